The van der Waals surface area contributed by atoms with Gasteiger partial charge in [-0.2, -0.15) is 5.10 Å². The Morgan fingerprint density at radius 3 is 2.71 bits per heavy atom. The van der Waals surface area contributed by atoms with Gasteiger partial charge in [-0.15, -0.1) is 0 Å². The summed E-state index contributed by atoms with van der Waals surface area (Å²) in [7, 11) is 0. The molecule has 0 radical (unpaired) electrons. The minimum absolute atomic E-state index is 0.224. The lowest BCUT2D eigenvalue weighted by atomic mass is 9.82. The molecule has 3 rings (SSSR count). The molecular weight excluding hydrogens is 326 g/mol. The average Bonchev–Trinajstić information content (AvgIpc) is 3.03. The van der Waals surface area contributed by atoms with Crippen LogP contribution in [0, 0.1) is 0 Å². The van der Waals surface area contributed by atoms with Crippen LogP contribution >= 0.6 is 11.6 Å². The van der Waals surface area contributed by atoms with Crippen LogP contribution in [0.1, 0.15) is 43.7 Å². The molecule has 0 amide bonds. The molecule has 5 nitrogen and oxygen atoms in total. The molecule has 1 aliphatic rings. The summed E-state index contributed by atoms with van der Waals surface area (Å²) in [5, 5.41) is 11.1. The van der Waals surface area contributed by atoms with Crippen molar-refractivity contribution in [1.82, 2.24) is 10.2 Å². The van der Waals surface area contributed by atoms with E-state index in [0.29, 0.717) is 17.2 Å². The number of hydrogen-bond acceptors (Lipinski definition) is 4. The van der Waals surface area contributed by atoms with Gasteiger partial charge in [0.15, 0.2) is 0 Å². The van der Waals surface area contributed by atoms with E-state index in [1.54, 1.807) is 6.20 Å². The second kappa shape index (κ2) is 7.09. The molecule has 1 aromatic heterocycles. The summed E-state index contributed by atoms with van der Waals surface area (Å²) in [6.07, 6.45) is 3.43. The van der Waals surface area contributed by atoms with Gasteiger partial charge in [-0.3, -0.25) is 5.10 Å². The minimum Gasteiger partial charge on any atom is -0.463 e. The van der Waals surface area contributed by atoms with E-state index in [1.807, 2.05) is 31.2 Å². The smallest absolute Gasteiger partial charge is 0.336 e. The van der Waals surface area contributed by atoms with Gasteiger partial charge in [-0.05, 0) is 31.0 Å². The second-order valence-corrected chi connectivity index (χ2v) is 6.11. The largest absolute Gasteiger partial charge is 0.463 e. The second-order valence-electron chi connectivity index (χ2n) is 5.67. The predicted molar refractivity (Wildman–Crippen MR) is 94.1 cm³/mol. The number of hydrogen-bond donors (Lipinski definition) is 2. The normalized spacial score (nSPS) is 16.5. The highest BCUT2D eigenvalue weighted by atomic mass is 35.5. The van der Waals surface area contributed by atoms with Gasteiger partial charge in [-0.1, -0.05) is 37.1 Å². The van der Waals surface area contributed by atoms with Crippen molar-refractivity contribution in [3.8, 4) is 0 Å². The Hall–Kier alpha value is -2.27. The summed E-state index contributed by atoms with van der Waals surface area (Å²) in [5.74, 6) is 0.310. The Kier molecular flexibility index (Phi) is 4.90. The number of allylic oxidation sites excluding steroid dienone is 1. The van der Waals surface area contributed by atoms with E-state index in [4.69, 9.17) is 16.3 Å². The maximum absolute atomic E-state index is 12.7. The first-order valence-electron chi connectivity index (χ1n) is 8.11. The van der Waals surface area contributed by atoms with Gasteiger partial charge >= 0.3 is 5.97 Å². The number of halogens is 1. The summed E-state index contributed by atoms with van der Waals surface area (Å²) >= 11 is 6.02. The van der Waals surface area contributed by atoms with Crippen LogP contribution in [0.4, 0.5) is 5.82 Å². The van der Waals surface area contributed by atoms with E-state index in [2.05, 4.69) is 22.4 Å². The maximum atomic E-state index is 12.7. The first-order valence-corrected chi connectivity index (χ1v) is 8.49. The summed E-state index contributed by atoms with van der Waals surface area (Å²) < 4.78 is 5.33. The number of aromatic amines is 1. The molecule has 2 N–H and O–H groups in total. The molecule has 2 aromatic rings. The van der Waals surface area contributed by atoms with Crippen LogP contribution in [0.15, 0.2) is 41.7 Å². The van der Waals surface area contributed by atoms with Crippen molar-refractivity contribution in [1.29, 1.82) is 0 Å². The zero-order chi connectivity index (χ0) is 17.1. The molecule has 0 spiro atoms. The number of ether oxygens (including phenoxy) is 1. The summed E-state index contributed by atoms with van der Waals surface area (Å²) in [4.78, 5) is 12.7. The Labute approximate surface area is 146 Å². The average molecular weight is 346 g/mol. The molecule has 6 heteroatoms. The number of H-pyrrole nitrogens is 1. The highest BCUT2D eigenvalue weighted by Gasteiger charge is 2.35. The predicted octanol–water partition coefficient (Wildman–Crippen LogP) is 4.24. The van der Waals surface area contributed by atoms with E-state index in [9.17, 15) is 4.79 Å². The number of benzene rings is 1. The van der Waals surface area contributed by atoms with Crippen molar-refractivity contribution in [2.75, 3.05) is 11.9 Å². The molecule has 0 aliphatic carbocycles. The molecule has 0 saturated carbocycles. The van der Waals surface area contributed by atoms with Crippen LogP contribution in [0.25, 0.3) is 0 Å². The topological polar surface area (TPSA) is 67.0 Å². The number of nitrogens with one attached hydrogen (secondary N) is 2. The molecule has 1 aromatic carbocycles. The Morgan fingerprint density at radius 1 is 1.29 bits per heavy atom. The maximum Gasteiger partial charge on any atom is 0.336 e. The van der Waals surface area contributed by atoms with Crippen molar-refractivity contribution in [3.63, 3.8) is 0 Å². The van der Waals surface area contributed by atoms with Crippen molar-refractivity contribution in [3.05, 3.63) is 57.9 Å². The van der Waals surface area contributed by atoms with E-state index in [0.717, 1.165) is 35.5 Å². The fourth-order valence-corrected chi connectivity index (χ4v) is 3.19. The van der Waals surface area contributed by atoms with Gasteiger partial charge < -0.3 is 10.1 Å². The van der Waals surface area contributed by atoms with E-state index >= 15 is 0 Å². The molecule has 1 unspecified atom stereocenters. The highest BCUT2D eigenvalue weighted by Crippen LogP contribution is 2.42. The monoisotopic (exact) mass is 345 g/mol. The van der Waals surface area contributed by atoms with Gasteiger partial charge in [0, 0.05) is 22.2 Å². The van der Waals surface area contributed by atoms with Gasteiger partial charge in [-0.25, -0.2) is 4.79 Å². The van der Waals surface area contributed by atoms with Crippen molar-refractivity contribution >= 4 is 23.4 Å². The first kappa shape index (κ1) is 16.6. The van der Waals surface area contributed by atoms with Crippen LogP contribution in [0.5, 0.6) is 0 Å². The lowest BCUT2D eigenvalue weighted by Gasteiger charge is -2.28. The van der Waals surface area contributed by atoms with Crippen LogP contribution < -0.4 is 5.32 Å². The van der Waals surface area contributed by atoms with E-state index in [1.165, 1.54) is 0 Å². The Bertz CT molecular complexity index is 765. The molecule has 126 valence electrons. The number of fused-ring (bicyclic) bond motifs is 1. The summed E-state index contributed by atoms with van der Waals surface area (Å²) in [6.45, 7) is 4.24. The third-order valence-electron chi connectivity index (χ3n) is 4.07. The van der Waals surface area contributed by atoms with Gasteiger partial charge in [0.05, 0.1) is 18.4 Å². The zero-order valence-electron chi connectivity index (χ0n) is 13.7. The third-order valence-corrected chi connectivity index (χ3v) is 4.32. The number of nitrogens with zero attached hydrogens (tertiary/aromatic N) is 1. The molecule has 0 saturated heterocycles. The summed E-state index contributed by atoms with van der Waals surface area (Å²) in [6, 6.07) is 7.55. The zero-order valence-corrected chi connectivity index (χ0v) is 14.5. The van der Waals surface area contributed by atoms with Crippen LogP contribution in [0.3, 0.4) is 0 Å². The van der Waals surface area contributed by atoms with Crippen LogP contribution in [0.2, 0.25) is 5.02 Å². The quantitative estimate of drug-likeness (QED) is 0.795. The first-order chi connectivity index (χ1) is 11.7. The van der Waals surface area contributed by atoms with E-state index in [-0.39, 0.29) is 11.9 Å². The van der Waals surface area contributed by atoms with Gasteiger partial charge in [0.1, 0.15) is 5.82 Å². The number of esters is 1. The van der Waals surface area contributed by atoms with Gasteiger partial charge in [0.25, 0.3) is 0 Å². The minimum atomic E-state index is -0.291. The number of aromatic nitrogens is 2. The molecular formula is C18H20ClN3O2. The number of carbonyl (C=O) groups excluding carboxylic acids is 1. The molecule has 0 fully saturated rings. The summed E-state index contributed by atoms with van der Waals surface area (Å²) in [5.41, 5.74) is 3.45. The van der Waals surface area contributed by atoms with E-state index < -0.39 is 0 Å². The number of rotatable bonds is 5. The lowest BCUT2D eigenvalue weighted by Crippen LogP contribution is -2.25. The van der Waals surface area contributed by atoms with Gasteiger partial charge in [0.2, 0.25) is 0 Å². The molecule has 2 heterocycles. The third kappa shape index (κ3) is 3.04. The molecule has 0 bridgehead atoms. The SMILES string of the molecule is CCCC1=C(C(=O)OCC)C(c2ccc(Cl)cc2)c2cn[nH]c2N1. The van der Waals surface area contributed by atoms with Crippen molar-refractivity contribution in [2.24, 2.45) is 0 Å². The Morgan fingerprint density at radius 2 is 2.04 bits per heavy atom. The van der Waals surface area contributed by atoms with Crippen LogP contribution in [-0.4, -0.2) is 22.8 Å². The lowest BCUT2D eigenvalue weighted by molar-refractivity contribution is -0.138. The molecule has 24 heavy (non-hydrogen) atoms. The fourth-order valence-electron chi connectivity index (χ4n) is 3.06. The van der Waals surface area contributed by atoms with Crippen molar-refractivity contribution in [2.45, 2.75) is 32.6 Å². The molecule has 1 atom stereocenters. The van der Waals surface area contributed by atoms with Crippen LogP contribution in [-0.2, 0) is 9.53 Å². The standard InChI is InChI=1S/C18H20ClN3O2/c1-3-5-14-16(18(23)24-4-2)15(11-6-8-12(19)9-7-11)13-10-20-22-17(13)21-14/h6-10,15H,3-5H2,1-2H3,(H2,20,21,22). The number of carbonyl (C=O) groups is 1. The highest BCUT2D eigenvalue weighted by molar-refractivity contribution is 6.30. The van der Waals surface area contributed by atoms with Crippen molar-refractivity contribution < 1.29 is 9.53 Å². The molecule has 1 aliphatic heterocycles. The number of anilines is 1. The Balaban J connectivity index is 2.15. The fraction of sp³-hybridized carbons (Fsp3) is 0.333.